The molecule has 3 heteroatoms. The SMILES string of the molecule is O=C(O)CCC1=Cc2cccc(O)c2C1. The smallest absolute Gasteiger partial charge is 0.303 e. The number of benzene rings is 1. The highest BCUT2D eigenvalue weighted by atomic mass is 16.4. The van der Waals surface area contributed by atoms with Crippen LogP contribution in [-0.4, -0.2) is 16.2 Å². The molecule has 2 N–H and O–H groups in total. The Morgan fingerprint density at radius 1 is 1.40 bits per heavy atom. The molecule has 78 valence electrons. The van der Waals surface area contributed by atoms with Crippen LogP contribution >= 0.6 is 0 Å². The van der Waals surface area contributed by atoms with Gasteiger partial charge in [-0.05, 0) is 24.5 Å². The van der Waals surface area contributed by atoms with E-state index in [2.05, 4.69) is 0 Å². The molecule has 1 aromatic carbocycles. The lowest BCUT2D eigenvalue weighted by Gasteiger charge is -2.01. The number of carboxylic acids is 1. The van der Waals surface area contributed by atoms with Crippen LogP contribution in [0.2, 0.25) is 0 Å². The summed E-state index contributed by atoms with van der Waals surface area (Å²) in [5.74, 6) is -0.481. The predicted molar refractivity (Wildman–Crippen MR) is 56.7 cm³/mol. The van der Waals surface area contributed by atoms with Gasteiger partial charge in [-0.1, -0.05) is 23.8 Å². The number of phenolic OH excluding ortho intramolecular Hbond substituents is 1. The zero-order valence-corrected chi connectivity index (χ0v) is 8.23. The fourth-order valence-corrected chi connectivity index (χ4v) is 1.85. The fraction of sp³-hybridized carbons (Fsp3) is 0.250. The van der Waals surface area contributed by atoms with Crippen molar-refractivity contribution in [2.24, 2.45) is 0 Å². The maximum atomic E-state index is 10.4. The molecule has 0 bridgehead atoms. The highest BCUT2D eigenvalue weighted by molar-refractivity contribution is 5.70. The number of hydrogen-bond donors (Lipinski definition) is 2. The monoisotopic (exact) mass is 204 g/mol. The summed E-state index contributed by atoms with van der Waals surface area (Å²) < 4.78 is 0. The number of phenols is 1. The first-order valence-electron chi connectivity index (χ1n) is 4.89. The summed E-state index contributed by atoms with van der Waals surface area (Å²) in [6.45, 7) is 0. The van der Waals surface area contributed by atoms with Gasteiger partial charge in [-0.3, -0.25) is 4.79 Å². The number of allylic oxidation sites excluding steroid dienone is 1. The van der Waals surface area contributed by atoms with E-state index in [1.807, 2.05) is 12.1 Å². The molecule has 3 nitrogen and oxygen atoms in total. The molecule has 1 aliphatic carbocycles. The summed E-state index contributed by atoms with van der Waals surface area (Å²) in [6, 6.07) is 5.39. The van der Waals surface area contributed by atoms with Gasteiger partial charge in [-0.2, -0.15) is 0 Å². The number of carboxylic acid groups (broad SMARTS) is 1. The molecule has 0 atom stereocenters. The molecule has 0 fully saturated rings. The second kappa shape index (κ2) is 3.77. The van der Waals surface area contributed by atoms with E-state index >= 15 is 0 Å². The molecule has 0 amide bonds. The van der Waals surface area contributed by atoms with E-state index < -0.39 is 5.97 Å². The molecule has 1 aliphatic rings. The Balaban J connectivity index is 2.12. The van der Waals surface area contributed by atoms with E-state index in [0.29, 0.717) is 18.6 Å². The van der Waals surface area contributed by atoms with Crippen molar-refractivity contribution in [1.82, 2.24) is 0 Å². The summed E-state index contributed by atoms with van der Waals surface area (Å²) >= 11 is 0. The third-order valence-corrected chi connectivity index (χ3v) is 2.61. The average Bonchev–Trinajstić information content (AvgIpc) is 2.59. The van der Waals surface area contributed by atoms with Crippen molar-refractivity contribution in [1.29, 1.82) is 0 Å². The Morgan fingerprint density at radius 2 is 2.20 bits per heavy atom. The van der Waals surface area contributed by atoms with Crippen molar-refractivity contribution in [2.45, 2.75) is 19.3 Å². The van der Waals surface area contributed by atoms with Gasteiger partial charge in [0, 0.05) is 12.0 Å². The van der Waals surface area contributed by atoms with Gasteiger partial charge >= 0.3 is 5.97 Å². The molecule has 0 unspecified atom stereocenters. The minimum atomic E-state index is -0.781. The van der Waals surface area contributed by atoms with Crippen LogP contribution in [0.15, 0.2) is 23.8 Å². The van der Waals surface area contributed by atoms with Crippen LogP contribution in [0, 0.1) is 0 Å². The van der Waals surface area contributed by atoms with Crippen LogP contribution in [0.3, 0.4) is 0 Å². The van der Waals surface area contributed by atoms with Crippen LogP contribution in [0.25, 0.3) is 6.08 Å². The van der Waals surface area contributed by atoms with Gasteiger partial charge in [0.05, 0.1) is 0 Å². The van der Waals surface area contributed by atoms with Gasteiger partial charge in [-0.15, -0.1) is 0 Å². The summed E-state index contributed by atoms with van der Waals surface area (Å²) in [7, 11) is 0. The maximum Gasteiger partial charge on any atom is 0.303 e. The minimum absolute atomic E-state index is 0.153. The molecule has 0 spiro atoms. The average molecular weight is 204 g/mol. The quantitative estimate of drug-likeness (QED) is 0.793. The van der Waals surface area contributed by atoms with Crippen molar-refractivity contribution in [3.63, 3.8) is 0 Å². The molecule has 0 saturated heterocycles. The Morgan fingerprint density at radius 3 is 2.87 bits per heavy atom. The molecule has 0 radical (unpaired) electrons. The number of fused-ring (bicyclic) bond motifs is 1. The number of carbonyl (C=O) groups is 1. The van der Waals surface area contributed by atoms with Gasteiger partial charge in [-0.25, -0.2) is 0 Å². The Labute approximate surface area is 87.7 Å². The molecular formula is C12H12O3. The molecular weight excluding hydrogens is 192 g/mol. The van der Waals surface area contributed by atoms with E-state index in [4.69, 9.17) is 5.11 Å². The number of hydrogen-bond acceptors (Lipinski definition) is 2. The summed E-state index contributed by atoms with van der Waals surface area (Å²) in [4.78, 5) is 10.4. The number of aliphatic carboxylic acids is 1. The van der Waals surface area contributed by atoms with Gasteiger partial charge < -0.3 is 10.2 Å². The maximum absolute atomic E-state index is 10.4. The number of rotatable bonds is 3. The van der Waals surface area contributed by atoms with Gasteiger partial charge in [0.15, 0.2) is 0 Å². The lowest BCUT2D eigenvalue weighted by Crippen LogP contribution is -1.95. The molecule has 0 heterocycles. The van der Waals surface area contributed by atoms with Crippen LogP contribution < -0.4 is 0 Å². The lowest BCUT2D eigenvalue weighted by atomic mass is 10.1. The molecule has 0 saturated carbocycles. The molecule has 0 aromatic heterocycles. The first kappa shape index (κ1) is 9.77. The van der Waals surface area contributed by atoms with E-state index in [-0.39, 0.29) is 6.42 Å². The van der Waals surface area contributed by atoms with Crippen LogP contribution in [0.4, 0.5) is 0 Å². The van der Waals surface area contributed by atoms with E-state index in [1.54, 1.807) is 12.1 Å². The van der Waals surface area contributed by atoms with Crippen molar-refractivity contribution < 1.29 is 15.0 Å². The van der Waals surface area contributed by atoms with E-state index in [0.717, 1.165) is 16.7 Å². The Bertz CT molecular complexity index is 432. The van der Waals surface area contributed by atoms with Gasteiger partial charge in [0.2, 0.25) is 0 Å². The Hall–Kier alpha value is -1.77. The lowest BCUT2D eigenvalue weighted by molar-refractivity contribution is -0.136. The molecule has 0 aliphatic heterocycles. The zero-order valence-electron chi connectivity index (χ0n) is 8.23. The normalized spacial score (nSPS) is 13.5. The van der Waals surface area contributed by atoms with Crippen molar-refractivity contribution in [2.75, 3.05) is 0 Å². The molecule has 15 heavy (non-hydrogen) atoms. The Kier molecular flexibility index (Phi) is 2.46. The summed E-state index contributed by atoms with van der Waals surface area (Å²) in [5, 5.41) is 18.1. The van der Waals surface area contributed by atoms with Gasteiger partial charge in [0.25, 0.3) is 0 Å². The largest absolute Gasteiger partial charge is 0.508 e. The van der Waals surface area contributed by atoms with E-state index in [1.165, 1.54) is 0 Å². The summed E-state index contributed by atoms with van der Waals surface area (Å²) in [6.07, 6.45) is 3.36. The third kappa shape index (κ3) is 2.01. The summed E-state index contributed by atoms with van der Waals surface area (Å²) in [5.41, 5.74) is 3.00. The topological polar surface area (TPSA) is 57.5 Å². The minimum Gasteiger partial charge on any atom is -0.508 e. The predicted octanol–water partition coefficient (Wildman–Crippen LogP) is 2.20. The van der Waals surface area contributed by atoms with Crippen LogP contribution in [-0.2, 0) is 11.2 Å². The fourth-order valence-electron chi connectivity index (χ4n) is 1.85. The van der Waals surface area contributed by atoms with Crippen molar-refractivity contribution >= 4 is 12.0 Å². The zero-order chi connectivity index (χ0) is 10.8. The highest BCUT2D eigenvalue weighted by Gasteiger charge is 2.16. The van der Waals surface area contributed by atoms with E-state index in [9.17, 15) is 9.90 Å². The van der Waals surface area contributed by atoms with Gasteiger partial charge in [0.1, 0.15) is 5.75 Å². The third-order valence-electron chi connectivity index (χ3n) is 2.61. The first-order valence-corrected chi connectivity index (χ1v) is 4.89. The van der Waals surface area contributed by atoms with Crippen LogP contribution in [0.5, 0.6) is 5.75 Å². The molecule has 2 rings (SSSR count). The highest BCUT2D eigenvalue weighted by Crippen LogP contribution is 2.33. The first-order chi connectivity index (χ1) is 7.16. The second-order valence-corrected chi connectivity index (χ2v) is 3.72. The molecule has 1 aromatic rings. The van der Waals surface area contributed by atoms with Crippen molar-refractivity contribution in [3.05, 3.63) is 34.9 Å². The number of aromatic hydroxyl groups is 1. The van der Waals surface area contributed by atoms with Crippen LogP contribution in [0.1, 0.15) is 24.0 Å². The standard InChI is InChI=1S/C12H12O3/c13-11-3-1-2-9-6-8(7-10(9)11)4-5-12(14)15/h1-3,6,13H,4-5,7H2,(H,14,15). The van der Waals surface area contributed by atoms with Crippen molar-refractivity contribution in [3.8, 4) is 5.75 Å². The second-order valence-electron chi connectivity index (χ2n) is 3.72.